The molecule has 1 heterocycles. The van der Waals surface area contributed by atoms with Gasteiger partial charge in [0.2, 0.25) is 0 Å². The standard InChI is InChI=1S/C25H29FN2O/c1-4-23-21(10-13-25(29-3)24(23)5-2)19-28-17-15-27(16-18-28)14-6-7-20-8-11-22(26)12-9-20/h4-13H,1-2,14-19H2,3H3/b7-6+. The Morgan fingerprint density at radius 1 is 0.931 bits per heavy atom. The van der Waals surface area contributed by atoms with E-state index in [-0.39, 0.29) is 5.82 Å². The van der Waals surface area contributed by atoms with Crippen molar-refractivity contribution in [1.82, 2.24) is 9.80 Å². The van der Waals surface area contributed by atoms with Gasteiger partial charge in [-0.05, 0) is 34.9 Å². The van der Waals surface area contributed by atoms with Gasteiger partial charge in [0.1, 0.15) is 11.6 Å². The first-order valence-electron chi connectivity index (χ1n) is 9.96. The van der Waals surface area contributed by atoms with Crippen molar-refractivity contribution in [1.29, 1.82) is 0 Å². The number of hydrogen-bond acceptors (Lipinski definition) is 3. The van der Waals surface area contributed by atoms with Crippen molar-refractivity contribution in [3.05, 3.63) is 83.7 Å². The quantitative estimate of drug-likeness (QED) is 0.632. The van der Waals surface area contributed by atoms with E-state index in [4.69, 9.17) is 4.74 Å². The van der Waals surface area contributed by atoms with Crippen LogP contribution >= 0.6 is 0 Å². The summed E-state index contributed by atoms with van der Waals surface area (Å²) < 4.78 is 18.4. The topological polar surface area (TPSA) is 15.7 Å². The molecule has 0 atom stereocenters. The fraction of sp³-hybridized carbons (Fsp3) is 0.280. The number of ether oxygens (including phenoxy) is 1. The van der Waals surface area contributed by atoms with Crippen molar-refractivity contribution in [3.8, 4) is 5.75 Å². The summed E-state index contributed by atoms with van der Waals surface area (Å²) in [5.41, 5.74) is 4.38. The van der Waals surface area contributed by atoms with Gasteiger partial charge in [-0.1, -0.05) is 55.7 Å². The lowest BCUT2D eigenvalue weighted by atomic mass is 9.99. The zero-order valence-corrected chi connectivity index (χ0v) is 17.1. The van der Waals surface area contributed by atoms with Gasteiger partial charge >= 0.3 is 0 Å². The van der Waals surface area contributed by atoms with E-state index in [0.717, 1.165) is 61.7 Å². The molecule has 0 saturated carbocycles. The van der Waals surface area contributed by atoms with E-state index in [2.05, 4.69) is 41.2 Å². The molecule has 0 unspecified atom stereocenters. The summed E-state index contributed by atoms with van der Waals surface area (Å²) >= 11 is 0. The van der Waals surface area contributed by atoms with Crippen molar-refractivity contribution < 1.29 is 9.13 Å². The fourth-order valence-corrected chi connectivity index (χ4v) is 3.71. The Balaban J connectivity index is 1.54. The van der Waals surface area contributed by atoms with Crippen molar-refractivity contribution in [2.45, 2.75) is 6.54 Å². The molecular formula is C25H29FN2O. The van der Waals surface area contributed by atoms with E-state index in [1.165, 1.54) is 17.7 Å². The number of nitrogens with zero attached hydrogens (tertiary/aromatic N) is 2. The SMILES string of the molecule is C=Cc1c(CN2CCN(C/C=C/c3ccc(F)cc3)CC2)ccc(OC)c1C=C. The predicted molar refractivity (Wildman–Crippen MR) is 120 cm³/mol. The maximum absolute atomic E-state index is 13.0. The molecule has 1 aliphatic rings. The molecule has 152 valence electrons. The second-order valence-electron chi connectivity index (χ2n) is 7.19. The maximum Gasteiger partial charge on any atom is 0.126 e. The van der Waals surface area contributed by atoms with Gasteiger partial charge in [0, 0.05) is 44.8 Å². The van der Waals surface area contributed by atoms with Gasteiger partial charge in [-0.3, -0.25) is 9.80 Å². The van der Waals surface area contributed by atoms with Crippen LogP contribution in [0.5, 0.6) is 5.75 Å². The highest BCUT2D eigenvalue weighted by molar-refractivity contribution is 5.71. The molecule has 3 nitrogen and oxygen atoms in total. The number of methoxy groups -OCH3 is 1. The van der Waals surface area contributed by atoms with Crippen LogP contribution in [0.4, 0.5) is 4.39 Å². The fourth-order valence-electron chi connectivity index (χ4n) is 3.71. The molecular weight excluding hydrogens is 363 g/mol. The lowest BCUT2D eigenvalue weighted by Crippen LogP contribution is -2.45. The van der Waals surface area contributed by atoms with Gasteiger partial charge in [-0.25, -0.2) is 4.39 Å². The minimum atomic E-state index is -0.199. The average molecular weight is 393 g/mol. The Labute approximate surface area is 173 Å². The van der Waals surface area contributed by atoms with Crippen LogP contribution in [-0.4, -0.2) is 49.6 Å². The lowest BCUT2D eigenvalue weighted by molar-refractivity contribution is 0.137. The van der Waals surface area contributed by atoms with Crippen LogP contribution in [-0.2, 0) is 6.54 Å². The van der Waals surface area contributed by atoms with Gasteiger partial charge in [-0.2, -0.15) is 0 Å². The Bertz CT molecular complexity index is 865. The zero-order chi connectivity index (χ0) is 20.6. The van der Waals surface area contributed by atoms with E-state index in [9.17, 15) is 4.39 Å². The van der Waals surface area contributed by atoms with Crippen LogP contribution in [0, 0.1) is 5.82 Å². The predicted octanol–water partition coefficient (Wildman–Crippen LogP) is 4.95. The summed E-state index contributed by atoms with van der Waals surface area (Å²) in [4.78, 5) is 4.91. The van der Waals surface area contributed by atoms with E-state index >= 15 is 0 Å². The Kier molecular flexibility index (Phi) is 7.39. The molecule has 1 saturated heterocycles. The average Bonchev–Trinajstić information content (AvgIpc) is 2.75. The molecule has 3 rings (SSSR count). The van der Waals surface area contributed by atoms with Gasteiger partial charge in [0.05, 0.1) is 7.11 Å². The molecule has 1 aliphatic heterocycles. The molecule has 0 aliphatic carbocycles. The molecule has 0 bridgehead atoms. The number of piperazine rings is 1. The highest BCUT2D eigenvalue weighted by atomic mass is 19.1. The smallest absolute Gasteiger partial charge is 0.126 e. The lowest BCUT2D eigenvalue weighted by Gasteiger charge is -2.34. The molecule has 2 aromatic rings. The van der Waals surface area contributed by atoms with Crippen molar-refractivity contribution in [2.75, 3.05) is 39.8 Å². The molecule has 1 fully saturated rings. The molecule has 29 heavy (non-hydrogen) atoms. The minimum Gasteiger partial charge on any atom is -0.496 e. The van der Waals surface area contributed by atoms with Gasteiger partial charge in [-0.15, -0.1) is 0 Å². The van der Waals surface area contributed by atoms with Crippen LogP contribution in [0.2, 0.25) is 0 Å². The molecule has 0 spiro atoms. The van der Waals surface area contributed by atoms with Crippen molar-refractivity contribution in [2.24, 2.45) is 0 Å². The van der Waals surface area contributed by atoms with E-state index < -0.39 is 0 Å². The largest absolute Gasteiger partial charge is 0.496 e. The second kappa shape index (κ2) is 10.2. The summed E-state index contributed by atoms with van der Waals surface area (Å²) in [7, 11) is 1.68. The van der Waals surface area contributed by atoms with Gasteiger partial charge in [0.15, 0.2) is 0 Å². The van der Waals surface area contributed by atoms with Crippen LogP contribution in [0.1, 0.15) is 22.3 Å². The number of hydrogen-bond donors (Lipinski definition) is 0. The monoisotopic (exact) mass is 392 g/mol. The summed E-state index contributed by atoms with van der Waals surface area (Å²) in [6, 6.07) is 10.7. The number of benzene rings is 2. The first kappa shape index (κ1) is 21.0. The maximum atomic E-state index is 13.0. The van der Waals surface area contributed by atoms with E-state index in [1.807, 2.05) is 18.2 Å². The molecule has 0 aromatic heterocycles. The van der Waals surface area contributed by atoms with Crippen LogP contribution < -0.4 is 4.74 Å². The summed E-state index contributed by atoms with van der Waals surface area (Å²) in [5, 5.41) is 0. The Hall–Kier alpha value is -2.69. The first-order chi connectivity index (χ1) is 14.1. The van der Waals surface area contributed by atoms with Crippen LogP contribution in [0.15, 0.2) is 55.6 Å². The molecule has 0 N–H and O–H groups in total. The third-order valence-electron chi connectivity index (χ3n) is 5.37. The summed E-state index contributed by atoms with van der Waals surface area (Å²) in [6.07, 6.45) is 7.94. The number of rotatable bonds is 8. The third kappa shape index (κ3) is 5.43. The van der Waals surface area contributed by atoms with E-state index in [1.54, 1.807) is 19.2 Å². The number of halogens is 1. The van der Waals surface area contributed by atoms with Crippen LogP contribution in [0.3, 0.4) is 0 Å². The molecule has 2 aromatic carbocycles. The highest BCUT2D eigenvalue weighted by Crippen LogP contribution is 2.28. The minimum absolute atomic E-state index is 0.199. The van der Waals surface area contributed by atoms with Crippen molar-refractivity contribution in [3.63, 3.8) is 0 Å². The van der Waals surface area contributed by atoms with E-state index in [0.29, 0.717) is 0 Å². The third-order valence-corrected chi connectivity index (χ3v) is 5.37. The highest BCUT2D eigenvalue weighted by Gasteiger charge is 2.18. The molecule has 0 radical (unpaired) electrons. The molecule has 0 amide bonds. The normalized spacial score (nSPS) is 15.5. The first-order valence-corrected chi connectivity index (χ1v) is 9.96. The second-order valence-corrected chi connectivity index (χ2v) is 7.19. The summed E-state index contributed by atoms with van der Waals surface area (Å²) in [6.45, 7) is 13.8. The Morgan fingerprint density at radius 2 is 1.59 bits per heavy atom. The Morgan fingerprint density at radius 3 is 2.21 bits per heavy atom. The van der Waals surface area contributed by atoms with Gasteiger partial charge in [0.25, 0.3) is 0 Å². The van der Waals surface area contributed by atoms with Crippen molar-refractivity contribution >= 4 is 18.2 Å². The van der Waals surface area contributed by atoms with Crippen LogP contribution in [0.25, 0.3) is 18.2 Å². The van der Waals surface area contributed by atoms with Gasteiger partial charge < -0.3 is 4.74 Å². The zero-order valence-electron chi connectivity index (χ0n) is 17.1. The summed E-state index contributed by atoms with van der Waals surface area (Å²) in [5.74, 6) is 0.631. The molecule has 4 heteroatoms.